The van der Waals surface area contributed by atoms with Crippen molar-refractivity contribution in [2.75, 3.05) is 6.61 Å². The largest absolute Gasteiger partial charge is 0.459 e. The van der Waals surface area contributed by atoms with Crippen molar-refractivity contribution in [1.82, 2.24) is 0 Å². The Bertz CT molecular complexity index is 529. The maximum Gasteiger partial charge on any atom is 0.340 e. The van der Waals surface area contributed by atoms with Crippen molar-refractivity contribution < 1.29 is 36.6 Å². The van der Waals surface area contributed by atoms with Crippen molar-refractivity contribution >= 4 is 11.9 Å². The highest BCUT2D eigenvalue weighted by molar-refractivity contribution is 5.76. The Balaban J connectivity index is 0.000000567. The number of hydrogen-bond donors (Lipinski definition) is 0. The van der Waals surface area contributed by atoms with Crippen LogP contribution in [0.2, 0.25) is 0 Å². The first kappa shape index (κ1) is 28.7. The summed E-state index contributed by atoms with van der Waals surface area (Å²) in [5.74, 6) is -5.71. The van der Waals surface area contributed by atoms with Gasteiger partial charge >= 0.3 is 24.3 Å². The van der Waals surface area contributed by atoms with Gasteiger partial charge in [0.2, 0.25) is 0 Å². The molecule has 0 saturated heterocycles. The number of halogens is 4. The number of hydrogen-bond acceptors (Lipinski definition) is 4. The number of ether oxygens (including phenoxy) is 2. The fourth-order valence-electron chi connectivity index (χ4n) is 2.74. The average Bonchev–Trinajstić information content (AvgIpc) is 2.72. The summed E-state index contributed by atoms with van der Waals surface area (Å²) >= 11 is 0. The summed E-state index contributed by atoms with van der Waals surface area (Å²) in [4.78, 5) is 22.9. The summed E-state index contributed by atoms with van der Waals surface area (Å²) in [6.07, 6.45) is 4.19. The number of esters is 2. The van der Waals surface area contributed by atoms with Gasteiger partial charge in [-0.2, -0.15) is 8.78 Å². The molecule has 0 spiro atoms. The fourth-order valence-corrected chi connectivity index (χ4v) is 2.74. The van der Waals surface area contributed by atoms with Crippen LogP contribution in [-0.2, 0) is 19.1 Å². The predicted octanol–water partition coefficient (Wildman–Crippen LogP) is 6.55. The van der Waals surface area contributed by atoms with E-state index >= 15 is 0 Å². The molecule has 0 radical (unpaired) electrons. The molecule has 0 aromatic heterocycles. The molecule has 178 valence electrons. The maximum absolute atomic E-state index is 12.2. The van der Waals surface area contributed by atoms with Crippen LogP contribution >= 0.6 is 0 Å². The Morgan fingerprint density at radius 2 is 1.57 bits per heavy atom. The zero-order valence-corrected chi connectivity index (χ0v) is 19.2. The third kappa shape index (κ3) is 9.21. The summed E-state index contributed by atoms with van der Waals surface area (Å²) in [6, 6.07) is 0. The highest BCUT2D eigenvalue weighted by Gasteiger charge is 2.42. The second-order valence-corrected chi connectivity index (χ2v) is 8.70. The van der Waals surface area contributed by atoms with Crippen molar-refractivity contribution in [2.45, 2.75) is 111 Å². The molecule has 0 aromatic carbocycles. The molecule has 0 aliphatic heterocycles. The number of carbonyl (C=O) groups is 2. The molecule has 1 rings (SSSR count). The lowest BCUT2D eigenvalue weighted by atomic mass is 9.82. The molecule has 0 bridgehead atoms. The van der Waals surface area contributed by atoms with Gasteiger partial charge < -0.3 is 9.47 Å². The minimum absolute atomic E-state index is 0.0150. The van der Waals surface area contributed by atoms with Gasteiger partial charge in [0.1, 0.15) is 5.60 Å². The summed E-state index contributed by atoms with van der Waals surface area (Å²) < 4.78 is 57.6. The van der Waals surface area contributed by atoms with E-state index in [0.29, 0.717) is 6.42 Å². The average molecular weight is 443 g/mol. The van der Waals surface area contributed by atoms with Gasteiger partial charge in [0.05, 0.1) is 11.3 Å². The fraction of sp³-hybridized carbons (Fsp3) is 0.909. The van der Waals surface area contributed by atoms with Crippen molar-refractivity contribution in [3.63, 3.8) is 0 Å². The lowest BCUT2D eigenvalue weighted by molar-refractivity contribution is -0.182. The molecular formula is C22H38F4O4. The number of rotatable bonds is 9. The molecule has 8 heteroatoms. The molecule has 0 amide bonds. The van der Waals surface area contributed by atoms with Crippen LogP contribution in [0.3, 0.4) is 0 Å². The van der Waals surface area contributed by atoms with Crippen LogP contribution in [0.1, 0.15) is 92.9 Å². The molecule has 1 atom stereocenters. The zero-order chi connectivity index (χ0) is 23.6. The van der Waals surface area contributed by atoms with E-state index in [1.54, 1.807) is 6.92 Å². The van der Waals surface area contributed by atoms with Crippen molar-refractivity contribution in [2.24, 2.45) is 11.3 Å². The van der Waals surface area contributed by atoms with E-state index in [9.17, 15) is 27.2 Å². The van der Waals surface area contributed by atoms with E-state index in [1.165, 1.54) is 26.2 Å². The zero-order valence-electron chi connectivity index (χ0n) is 19.2. The SMILES string of the molecule is CCC(C)C(=O)OCC(F)(F)C(F)F.CCC1(OC(=O)C(C)(C)CC)CCCCC1. The molecular weight excluding hydrogens is 404 g/mol. The first-order valence-corrected chi connectivity index (χ1v) is 10.8. The van der Waals surface area contributed by atoms with Crippen LogP contribution in [0, 0.1) is 11.3 Å². The van der Waals surface area contributed by atoms with Gasteiger partial charge in [0, 0.05) is 0 Å². The van der Waals surface area contributed by atoms with Gasteiger partial charge in [-0.1, -0.05) is 34.1 Å². The molecule has 1 aliphatic rings. The monoisotopic (exact) mass is 442 g/mol. The van der Waals surface area contributed by atoms with Crippen molar-refractivity contribution in [1.29, 1.82) is 0 Å². The van der Waals surface area contributed by atoms with E-state index in [4.69, 9.17) is 4.74 Å². The van der Waals surface area contributed by atoms with Gasteiger partial charge in [-0.25, -0.2) is 8.78 Å². The van der Waals surface area contributed by atoms with Crippen LogP contribution in [0.5, 0.6) is 0 Å². The predicted molar refractivity (Wildman–Crippen MR) is 108 cm³/mol. The topological polar surface area (TPSA) is 52.6 Å². The van der Waals surface area contributed by atoms with Crippen molar-refractivity contribution in [3.8, 4) is 0 Å². The van der Waals surface area contributed by atoms with Gasteiger partial charge in [0.25, 0.3) is 0 Å². The highest BCUT2D eigenvalue weighted by Crippen LogP contribution is 2.36. The normalized spacial score (nSPS) is 17.6. The van der Waals surface area contributed by atoms with Crippen LogP contribution in [0.4, 0.5) is 17.6 Å². The van der Waals surface area contributed by atoms with Crippen LogP contribution in [0.25, 0.3) is 0 Å². The smallest absolute Gasteiger partial charge is 0.340 e. The number of carbonyl (C=O) groups excluding carboxylic acids is 2. The van der Waals surface area contributed by atoms with E-state index in [0.717, 1.165) is 25.7 Å². The van der Waals surface area contributed by atoms with Crippen LogP contribution < -0.4 is 0 Å². The molecule has 1 saturated carbocycles. The lowest BCUT2D eigenvalue weighted by Gasteiger charge is -2.38. The van der Waals surface area contributed by atoms with Crippen LogP contribution in [-0.4, -0.2) is 36.5 Å². The molecule has 4 nitrogen and oxygen atoms in total. The quantitative estimate of drug-likeness (QED) is 0.300. The second kappa shape index (κ2) is 12.5. The first-order chi connectivity index (χ1) is 13.8. The maximum atomic E-state index is 12.2. The summed E-state index contributed by atoms with van der Waals surface area (Å²) in [7, 11) is 0. The highest BCUT2D eigenvalue weighted by atomic mass is 19.3. The Labute approximate surface area is 178 Å². The number of alkyl halides is 4. The molecule has 1 fully saturated rings. The summed E-state index contributed by atoms with van der Waals surface area (Å²) in [5.41, 5.74) is -0.485. The second-order valence-electron chi connectivity index (χ2n) is 8.70. The Morgan fingerprint density at radius 3 is 1.97 bits per heavy atom. The third-order valence-electron chi connectivity index (χ3n) is 5.90. The Kier molecular flexibility index (Phi) is 11.9. The van der Waals surface area contributed by atoms with Gasteiger partial charge in [-0.3, -0.25) is 9.59 Å². The third-order valence-corrected chi connectivity index (χ3v) is 5.90. The van der Waals surface area contributed by atoms with Crippen molar-refractivity contribution in [3.05, 3.63) is 0 Å². The molecule has 1 aliphatic carbocycles. The van der Waals surface area contributed by atoms with Crippen LogP contribution in [0.15, 0.2) is 0 Å². The van der Waals surface area contributed by atoms with Gasteiger partial charge in [-0.05, 0) is 58.8 Å². The first-order valence-electron chi connectivity index (χ1n) is 10.8. The van der Waals surface area contributed by atoms with E-state index in [2.05, 4.69) is 11.7 Å². The standard InChI is InChI=1S/C14H26O2.C8H12F4O2/c1-5-13(3,4)12(15)16-14(6-2)10-8-7-9-11-14;1-3-5(2)6(13)14-4-8(11,12)7(9)10/h5-11H2,1-4H3;5,7H,3-4H2,1-2H3. The molecule has 0 N–H and O–H groups in total. The van der Waals surface area contributed by atoms with E-state index < -0.39 is 30.8 Å². The lowest BCUT2D eigenvalue weighted by Crippen LogP contribution is -2.40. The summed E-state index contributed by atoms with van der Waals surface area (Å²) in [5, 5.41) is 0. The minimum atomic E-state index is -4.26. The Morgan fingerprint density at radius 1 is 1.03 bits per heavy atom. The van der Waals surface area contributed by atoms with E-state index in [-0.39, 0.29) is 17.0 Å². The minimum Gasteiger partial charge on any atom is -0.459 e. The van der Waals surface area contributed by atoms with E-state index in [1.807, 2.05) is 20.8 Å². The molecule has 30 heavy (non-hydrogen) atoms. The molecule has 0 aromatic rings. The van der Waals surface area contributed by atoms with Gasteiger partial charge in [0.15, 0.2) is 6.61 Å². The van der Waals surface area contributed by atoms with Gasteiger partial charge in [-0.15, -0.1) is 0 Å². The summed E-state index contributed by atoms with van der Waals surface area (Å²) in [6.45, 7) is 9.70. The Hall–Kier alpha value is -1.34. The molecule has 0 heterocycles. The molecule has 1 unspecified atom stereocenters.